The highest BCUT2D eigenvalue weighted by Crippen LogP contribution is 2.23. The molecule has 0 spiro atoms. The van der Waals surface area contributed by atoms with Crippen molar-refractivity contribution in [3.8, 4) is 0 Å². The molecule has 2 aromatic carbocycles. The molecular weight excluding hydrogens is 351 g/mol. The average Bonchev–Trinajstić information content (AvgIpc) is 2.59. The maximum Gasteiger partial charge on any atom is 0.340 e. The maximum absolute atomic E-state index is 13.1. The number of amides is 3. The predicted molar refractivity (Wildman–Crippen MR) is 88.6 cm³/mol. The Kier molecular flexibility index (Phi) is 6.08. The zero-order valence-corrected chi connectivity index (χ0v) is 13.8. The van der Waals surface area contributed by atoms with Crippen LogP contribution in [0.4, 0.5) is 9.18 Å². The summed E-state index contributed by atoms with van der Waals surface area (Å²) in [6.07, 6.45) is -1.38. The van der Waals surface area contributed by atoms with Crippen LogP contribution in [0.2, 0.25) is 5.02 Å². The number of esters is 1. The molecule has 6 nitrogen and oxygen atoms in total. The molecule has 0 fully saturated rings. The quantitative estimate of drug-likeness (QED) is 0.817. The van der Waals surface area contributed by atoms with E-state index in [1.54, 1.807) is 30.3 Å². The Balaban J connectivity index is 2.28. The number of nitrogens with one attached hydrogen (secondary N) is 2. The second-order valence-corrected chi connectivity index (χ2v) is 5.30. The van der Waals surface area contributed by atoms with E-state index in [4.69, 9.17) is 16.3 Å². The molecule has 0 aromatic heterocycles. The van der Waals surface area contributed by atoms with E-state index in [-0.39, 0.29) is 10.6 Å². The summed E-state index contributed by atoms with van der Waals surface area (Å²) in [4.78, 5) is 35.9. The monoisotopic (exact) mass is 364 g/mol. The number of carbonyl (C=O) groups is 3. The summed E-state index contributed by atoms with van der Waals surface area (Å²) in [6, 6.07) is 10.5. The molecule has 0 aliphatic rings. The van der Waals surface area contributed by atoms with Crippen LogP contribution in [-0.2, 0) is 9.53 Å². The molecule has 0 unspecified atom stereocenters. The number of urea groups is 1. The van der Waals surface area contributed by atoms with Crippen LogP contribution in [-0.4, -0.2) is 25.0 Å². The Morgan fingerprint density at radius 1 is 1.12 bits per heavy atom. The van der Waals surface area contributed by atoms with Gasteiger partial charge in [-0.1, -0.05) is 41.9 Å². The lowest BCUT2D eigenvalue weighted by atomic mass is 10.1. The van der Waals surface area contributed by atoms with Crippen LogP contribution in [0.15, 0.2) is 48.5 Å². The highest BCUT2D eigenvalue weighted by Gasteiger charge is 2.27. The molecule has 2 rings (SSSR count). The number of ether oxygens (including phenoxy) is 1. The first-order valence-corrected chi connectivity index (χ1v) is 7.53. The van der Waals surface area contributed by atoms with Crippen molar-refractivity contribution in [2.24, 2.45) is 0 Å². The van der Waals surface area contributed by atoms with Gasteiger partial charge in [0, 0.05) is 12.6 Å². The number of rotatable bonds is 4. The van der Waals surface area contributed by atoms with E-state index in [9.17, 15) is 18.8 Å². The molecule has 0 aliphatic carbocycles. The lowest BCUT2D eigenvalue weighted by Gasteiger charge is -2.18. The van der Waals surface area contributed by atoms with E-state index in [0.29, 0.717) is 5.56 Å². The van der Waals surface area contributed by atoms with Gasteiger partial charge in [-0.25, -0.2) is 14.0 Å². The van der Waals surface area contributed by atoms with Crippen LogP contribution in [0, 0.1) is 5.82 Å². The average molecular weight is 365 g/mol. The SMILES string of the molecule is CNC(=O)NC(=O)[C@@H](OC(=O)c1ccc(F)cc1Cl)c1ccccc1. The summed E-state index contributed by atoms with van der Waals surface area (Å²) in [5.41, 5.74) is 0.257. The number of benzene rings is 2. The van der Waals surface area contributed by atoms with E-state index < -0.39 is 29.8 Å². The second-order valence-electron chi connectivity index (χ2n) is 4.89. The van der Waals surface area contributed by atoms with E-state index in [2.05, 4.69) is 5.32 Å². The molecule has 3 amide bonds. The largest absolute Gasteiger partial charge is 0.444 e. The van der Waals surface area contributed by atoms with Crippen molar-refractivity contribution in [1.82, 2.24) is 10.6 Å². The third kappa shape index (κ3) is 4.77. The molecule has 25 heavy (non-hydrogen) atoms. The number of imide groups is 1. The van der Waals surface area contributed by atoms with Gasteiger partial charge in [-0.2, -0.15) is 0 Å². The van der Waals surface area contributed by atoms with Gasteiger partial charge in [-0.05, 0) is 18.2 Å². The van der Waals surface area contributed by atoms with Gasteiger partial charge in [-0.3, -0.25) is 10.1 Å². The summed E-state index contributed by atoms with van der Waals surface area (Å²) in [6.45, 7) is 0. The van der Waals surface area contributed by atoms with Gasteiger partial charge in [0.1, 0.15) is 5.82 Å². The smallest absolute Gasteiger partial charge is 0.340 e. The Hall–Kier alpha value is -2.93. The lowest BCUT2D eigenvalue weighted by Crippen LogP contribution is -2.41. The fraction of sp³-hybridized carbons (Fsp3) is 0.118. The fourth-order valence-corrected chi connectivity index (χ4v) is 2.21. The van der Waals surface area contributed by atoms with Crippen LogP contribution in [0.3, 0.4) is 0 Å². The predicted octanol–water partition coefficient (Wildman–Crippen LogP) is 2.83. The van der Waals surface area contributed by atoms with Crippen molar-refractivity contribution < 1.29 is 23.5 Å². The summed E-state index contributed by atoms with van der Waals surface area (Å²) in [7, 11) is 1.34. The molecule has 0 aliphatic heterocycles. The van der Waals surface area contributed by atoms with Crippen molar-refractivity contribution in [2.45, 2.75) is 6.10 Å². The Bertz CT molecular complexity index is 798. The summed E-state index contributed by atoms with van der Waals surface area (Å²) < 4.78 is 18.3. The van der Waals surface area contributed by atoms with Gasteiger partial charge < -0.3 is 10.1 Å². The van der Waals surface area contributed by atoms with E-state index >= 15 is 0 Å². The minimum atomic E-state index is -1.38. The fourth-order valence-electron chi connectivity index (χ4n) is 1.97. The molecule has 1 atom stereocenters. The van der Waals surface area contributed by atoms with Crippen LogP contribution >= 0.6 is 11.6 Å². The molecule has 0 saturated carbocycles. The summed E-state index contributed by atoms with van der Waals surface area (Å²) in [5.74, 6) is -2.37. The zero-order valence-electron chi connectivity index (χ0n) is 13.1. The number of hydrogen-bond acceptors (Lipinski definition) is 4. The molecule has 130 valence electrons. The lowest BCUT2D eigenvalue weighted by molar-refractivity contribution is -0.129. The minimum absolute atomic E-state index is 0.100. The second kappa shape index (κ2) is 8.25. The molecule has 2 N–H and O–H groups in total. The van der Waals surface area contributed by atoms with Crippen molar-refractivity contribution in [2.75, 3.05) is 7.05 Å². The Labute approximate surface area is 147 Å². The third-order valence-corrected chi connectivity index (χ3v) is 3.49. The normalized spacial score (nSPS) is 11.3. The van der Waals surface area contributed by atoms with Crippen molar-refractivity contribution in [3.05, 3.63) is 70.5 Å². The van der Waals surface area contributed by atoms with Crippen molar-refractivity contribution in [3.63, 3.8) is 0 Å². The van der Waals surface area contributed by atoms with Gasteiger partial charge in [0.05, 0.1) is 10.6 Å². The Morgan fingerprint density at radius 3 is 2.40 bits per heavy atom. The van der Waals surface area contributed by atoms with Gasteiger partial charge in [0.25, 0.3) is 5.91 Å². The number of hydrogen-bond donors (Lipinski definition) is 2. The maximum atomic E-state index is 13.1. The Morgan fingerprint density at radius 2 is 1.80 bits per heavy atom. The first-order valence-electron chi connectivity index (χ1n) is 7.16. The third-order valence-electron chi connectivity index (χ3n) is 3.18. The van der Waals surface area contributed by atoms with E-state index in [1.165, 1.54) is 7.05 Å². The molecule has 0 radical (unpaired) electrons. The molecule has 0 bridgehead atoms. The highest BCUT2D eigenvalue weighted by atomic mass is 35.5. The van der Waals surface area contributed by atoms with Crippen molar-refractivity contribution in [1.29, 1.82) is 0 Å². The number of halogens is 2. The van der Waals surface area contributed by atoms with E-state index in [0.717, 1.165) is 18.2 Å². The van der Waals surface area contributed by atoms with Crippen molar-refractivity contribution >= 4 is 29.5 Å². The van der Waals surface area contributed by atoms with Crippen LogP contribution < -0.4 is 10.6 Å². The standard InChI is InChI=1S/C17H14ClFN2O4/c1-20-17(24)21-15(22)14(10-5-3-2-4-6-10)25-16(23)12-8-7-11(19)9-13(12)18/h2-9,14H,1H3,(H2,20,21,22,24)/t14-/m0/s1. The summed E-state index contributed by atoms with van der Waals surface area (Å²) in [5, 5.41) is 4.13. The van der Waals surface area contributed by atoms with Gasteiger partial charge in [0.15, 0.2) is 0 Å². The van der Waals surface area contributed by atoms with Crippen LogP contribution in [0.1, 0.15) is 22.0 Å². The highest BCUT2D eigenvalue weighted by molar-refractivity contribution is 6.33. The molecule has 8 heteroatoms. The molecule has 2 aromatic rings. The number of carbonyl (C=O) groups excluding carboxylic acids is 3. The topological polar surface area (TPSA) is 84.5 Å². The van der Waals surface area contributed by atoms with Gasteiger partial charge in [-0.15, -0.1) is 0 Å². The molecular formula is C17H14ClFN2O4. The minimum Gasteiger partial charge on any atom is -0.444 e. The first kappa shape index (κ1) is 18.4. The van der Waals surface area contributed by atoms with Crippen LogP contribution in [0.5, 0.6) is 0 Å². The first-order chi connectivity index (χ1) is 11.9. The molecule has 0 heterocycles. The van der Waals surface area contributed by atoms with E-state index in [1.807, 2.05) is 5.32 Å². The zero-order chi connectivity index (χ0) is 18.4. The summed E-state index contributed by atoms with van der Waals surface area (Å²) >= 11 is 5.83. The van der Waals surface area contributed by atoms with Crippen LogP contribution in [0.25, 0.3) is 0 Å². The van der Waals surface area contributed by atoms with Gasteiger partial charge in [0.2, 0.25) is 6.10 Å². The molecule has 0 saturated heterocycles. The van der Waals surface area contributed by atoms with Gasteiger partial charge >= 0.3 is 12.0 Å².